The van der Waals surface area contributed by atoms with E-state index in [1.165, 1.54) is 0 Å². The van der Waals surface area contributed by atoms with E-state index in [0.29, 0.717) is 18.2 Å². The second kappa shape index (κ2) is 6.21. The van der Waals surface area contributed by atoms with Crippen LogP contribution in [0.15, 0.2) is 18.2 Å². The average molecular weight is 292 g/mol. The van der Waals surface area contributed by atoms with Gasteiger partial charge in [0.2, 0.25) is 5.91 Å². The van der Waals surface area contributed by atoms with Crippen molar-refractivity contribution in [1.82, 2.24) is 0 Å². The molecular formula is C13H16F4N2O. The summed E-state index contributed by atoms with van der Waals surface area (Å²) >= 11 is 0. The van der Waals surface area contributed by atoms with Crippen molar-refractivity contribution >= 4 is 11.6 Å². The molecule has 1 atom stereocenters. The Balaban J connectivity index is 3.00. The van der Waals surface area contributed by atoms with Gasteiger partial charge in [0.15, 0.2) is 0 Å². The molecule has 0 bridgehead atoms. The van der Waals surface area contributed by atoms with Crippen LogP contribution in [0, 0.1) is 17.7 Å². The number of benzene rings is 1. The monoisotopic (exact) mass is 292 g/mol. The van der Waals surface area contributed by atoms with Crippen molar-refractivity contribution in [3.05, 3.63) is 29.6 Å². The van der Waals surface area contributed by atoms with Gasteiger partial charge in [-0.2, -0.15) is 13.2 Å². The van der Waals surface area contributed by atoms with Crippen molar-refractivity contribution in [2.75, 3.05) is 11.9 Å². The number of hydrogen-bond acceptors (Lipinski definition) is 2. The van der Waals surface area contributed by atoms with Gasteiger partial charge in [-0.1, -0.05) is 13.8 Å². The number of anilines is 1. The van der Waals surface area contributed by atoms with Crippen molar-refractivity contribution in [1.29, 1.82) is 0 Å². The highest BCUT2D eigenvalue weighted by molar-refractivity contribution is 5.93. The predicted molar refractivity (Wildman–Crippen MR) is 67.4 cm³/mol. The number of carbonyl (C=O) groups is 1. The highest BCUT2D eigenvalue weighted by atomic mass is 19.4. The van der Waals surface area contributed by atoms with Crippen molar-refractivity contribution in [2.45, 2.75) is 20.0 Å². The third kappa shape index (κ3) is 3.93. The summed E-state index contributed by atoms with van der Waals surface area (Å²) in [6, 6.07) is 1.86. The summed E-state index contributed by atoms with van der Waals surface area (Å²) in [6.07, 6.45) is -4.60. The molecule has 1 rings (SSSR count). The molecule has 7 heteroatoms. The van der Waals surface area contributed by atoms with Crippen LogP contribution in [0.2, 0.25) is 0 Å². The van der Waals surface area contributed by atoms with Crippen LogP contribution in [-0.2, 0) is 11.0 Å². The lowest BCUT2D eigenvalue weighted by Crippen LogP contribution is -2.33. The van der Waals surface area contributed by atoms with Gasteiger partial charge in [0, 0.05) is 6.54 Å². The van der Waals surface area contributed by atoms with Crippen LogP contribution in [0.3, 0.4) is 0 Å². The number of nitrogens with one attached hydrogen (secondary N) is 1. The van der Waals surface area contributed by atoms with E-state index in [1.807, 2.05) is 0 Å². The van der Waals surface area contributed by atoms with Gasteiger partial charge in [-0.3, -0.25) is 4.79 Å². The molecule has 0 aliphatic rings. The molecule has 1 aromatic rings. The van der Waals surface area contributed by atoms with E-state index in [9.17, 15) is 22.4 Å². The van der Waals surface area contributed by atoms with Gasteiger partial charge >= 0.3 is 6.18 Å². The molecule has 1 amide bonds. The number of nitrogens with two attached hydrogens (primary N) is 1. The van der Waals surface area contributed by atoms with Gasteiger partial charge in [-0.15, -0.1) is 0 Å². The van der Waals surface area contributed by atoms with Crippen LogP contribution in [0.5, 0.6) is 0 Å². The zero-order valence-corrected chi connectivity index (χ0v) is 11.1. The third-order valence-corrected chi connectivity index (χ3v) is 2.95. The standard InChI is InChI=1S/C13H16F4N2O/c1-7(2)9(6-18)12(20)19-11-5-8(13(15,16)17)3-4-10(11)14/h3-5,7,9H,6,18H2,1-2H3,(H,19,20). The fourth-order valence-corrected chi connectivity index (χ4v) is 1.70. The Labute approximate surface area is 114 Å². The van der Waals surface area contributed by atoms with Crippen LogP contribution in [0.25, 0.3) is 0 Å². The average Bonchev–Trinajstić information content (AvgIpc) is 2.30. The second-order valence-electron chi connectivity index (χ2n) is 4.77. The maximum atomic E-state index is 13.5. The summed E-state index contributed by atoms with van der Waals surface area (Å²) in [5.74, 6) is -2.22. The molecule has 0 spiro atoms. The van der Waals surface area contributed by atoms with Crippen LogP contribution < -0.4 is 11.1 Å². The van der Waals surface area contributed by atoms with Gasteiger partial charge < -0.3 is 11.1 Å². The van der Waals surface area contributed by atoms with Gasteiger partial charge in [-0.05, 0) is 24.1 Å². The summed E-state index contributed by atoms with van der Waals surface area (Å²) < 4.78 is 51.1. The summed E-state index contributed by atoms with van der Waals surface area (Å²) in [7, 11) is 0. The van der Waals surface area contributed by atoms with Crippen LogP contribution in [0.4, 0.5) is 23.2 Å². The normalized spacial score (nSPS) is 13.4. The Morgan fingerprint density at radius 1 is 1.35 bits per heavy atom. The van der Waals surface area contributed by atoms with Crippen molar-refractivity contribution in [2.24, 2.45) is 17.6 Å². The summed E-state index contributed by atoms with van der Waals surface area (Å²) in [5.41, 5.74) is 3.91. The lowest BCUT2D eigenvalue weighted by molar-refractivity contribution is -0.137. The highest BCUT2D eigenvalue weighted by Gasteiger charge is 2.31. The minimum absolute atomic E-state index is 0.0318. The Kier molecular flexibility index (Phi) is 5.10. The maximum Gasteiger partial charge on any atom is 0.416 e. The van der Waals surface area contributed by atoms with Crippen LogP contribution in [-0.4, -0.2) is 12.5 Å². The number of carbonyl (C=O) groups excluding carboxylic acids is 1. The zero-order valence-electron chi connectivity index (χ0n) is 11.1. The molecule has 0 heterocycles. The molecule has 1 aromatic carbocycles. The molecule has 0 saturated carbocycles. The van der Waals surface area contributed by atoms with Crippen molar-refractivity contribution in [3.63, 3.8) is 0 Å². The van der Waals surface area contributed by atoms with Crippen molar-refractivity contribution in [3.8, 4) is 0 Å². The molecule has 3 nitrogen and oxygen atoms in total. The van der Waals surface area contributed by atoms with Crippen LogP contribution >= 0.6 is 0 Å². The smallest absolute Gasteiger partial charge is 0.330 e. The molecule has 0 radical (unpaired) electrons. The van der Waals surface area contributed by atoms with E-state index >= 15 is 0 Å². The second-order valence-corrected chi connectivity index (χ2v) is 4.77. The zero-order chi connectivity index (χ0) is 15.5. The first kappa shape index (κ1) is 16.4. The maximum absolute atomic E-state index is 13.5. The Morgan fingerprint density at radius 2 is 1.95 bits per heavy atom. The molecule has 0 aliphatic carbocycles. The predicted octanol–water partition coefficient (Wildman–Crippen LogP) is 3.01. The molecule has 0 saturated heterocycles. The summed E-state index contributed by atoms with van der Waals surface area (Å²) in [6.45, 7) is 3.53. The first-order valence-corrected chi connectivity index (χ1v) is 6.04. The van der Waals surface area contributed by atoms with Gasteiger partial charge in [0.05, 0.1) is 17.2 Å². The molecule has 112 valence electrons. The SMILES string of the molecule is CC(C)C(CN)C(=O)Nc1cc(C(F)(F)F)ccc1F. The molecule has 1 unspecified atom stereocenters. The van der Waals surface area contributed by atoms with E-state index < -0.39 is 35.1 Å². The highest BCUT2D eigenvalue weighted by Crippen LogP contribution is 2.32. The lowest BCUT2D eigenvalue weighted by Gasteiger charge is -2.19. The molecule has 0 aromatic heterocycles. The van der Waals surface area contributed by atoms with Gasteiger partial charge in [-0.25, -0.2) is 4.39 Å². The van der Waals surface area contributed by atoms with Crippen molar-refractivity contribution < 1.29 is 22.4 Å². The lowest BCUT2D eigenvalue weighted by atomic mass is 9.95. The number of amides is 1. The first-order valence-electron chi connectivity index (χ1n) is 6.04. The topological polar surface area (TPSA) is 55.1 Å². The summed E-state index contributed by atoms with van der Waals surface area (Å²) in [5, 5.41) is 2.16. The Hall–Kier alpha value is -1.63. The number of alkyl halides is 3. The number of halogens is 4. The van der Waals surface area contributed by atoms with Gasteiger partial charge in [0.25, 0.3) is 0 Å². The molecule has 0 aliphatic heterocycles. The van der Waals surface area contributed by atoms with Gasteiger partial charge in [0.1, 0.15) is 5.82 Å². The van der Waals surface area contributed by atoms with E-state index in [-0.39, 0.29) is 12.5 Å². The fourth-order valence-electron chi connectivity index (χ4n) is 1.70. The minimum Gasteiger partial charge on any atom is -0.330 e. The molecule has 3 N–H and O–H groups in total. The number of hydrogen-bond donors (Lipinski definition) is 2. The molecule has 0 fully saturated rings. The van der Waals surface area contributed by atoms with E-state index in [0.717, 1.165) is 0 Å². The van der Waals surface area contributed by atoms with E-state index in [4.69, 9.17) is 5.73 Å². The first-order chi connectivity index (χ1) is 9.16. The third-order valence-electron chi connectivity index (χ3n) is 2.95. The van der Waals surface area contributed by atoms with E-state index in [1.54, 1.807) is 13.8 Å². The Morgan fingerprint density at radius 3 is 2.40 bits per heavy atom. The Bertz CT molecular complexity index is 486. The number of rotatable bonds is 4. The van der Waals surface area contributed by atoms with E-state index in [2.05, 4.69) is 5.32 Å². The fraction of sp³-hybridized carbons (Fsp3) is 0.462. The van der Waals surface area contributed by atoms with Crippen LogP contribution in [0.1, 0.15) is 19.4 Å². The molecular weight excluding hydrogens is 276 g/mol. The largest absolute Gasteiger partial charge is 0.416 e. The molecule has 20 heavy (non-hydrogen) atoms. The summed E-state index contributed by atoms with van der Waals surface area (Å²) in [4.78, 5) is 11.9. The quantitative estimate of drug-likeness (QED) is 0.838. The minimum atomic E-state index is -4.60.